The molecule has 1 aliphatic heterocycles. The molecular weight excluding hydrogens is 312 g/mol. The molecule has 2 rings (SSSR count). The van der Waals surface area contributed by atoms with Gasteiger partial charge in [-0.05, 0) is 47.5 Å². The van der Waals surface area contributed by atoms with E-state index in [2.05, 4.69) is 5.10 Å². The average Bonchev–Trinajstić information content (AvgIpc) is 2.82. The molecule has 24 heavy (non-hydrogen) atoms. The van der Waals surface area contributed by atoms with E-state index in [1.165, 1.54) is 0 Å². The van der Waals surface area contributed by atoms with E-state index in [0.29, 0.717) is 31.1 Å². The summed E-state index contributed by atoms with van der Waals surface area (Å²) in [4.78, 5) is 25.3. The van der Waals surface area contributed by atoms with Crippen molar-refractivity contribution in [2.75, 3.05) is 18.0 Å². The third-order valence-corrected chi connectivity index (χ3v) is 4.01. The Balaban J connectivity index is 2.27. The van der Waals surface area contributed by atoms with Crippen LogP contribution >= 0.6 is 0 Å². The number of esters is 1. The molecule has 0 bridgehead atoms. The predicted molar refractivity (Wildman–Crippen MR) is 90.1 cm³/mol. The van der Waals surface area contributed by atoms with E-state index >= 15 is 0 Å². The van der Waals surface area contributed by atoms with Gasteiger partial charge in [0, 0.05) is 19.6 Å². The van der Waals surface area contributed by atoms with Crippen molar-refractivity contribution in [2.24, 2.45) is 5.92 Å². The molecule has 1 aliphatic rings. The number of nitrogens with zero attached hydrogens (tertiary/aromatic N) is 4. The molecule has 8 nitrogen and oxygen atoms in total. The lowest BCUT2D eigenvalue weighted by Gasteiger charge is -2.34. The number of hydrogen-bond acceptors (Lipinski definition) is 6. The Hall–Kier alpha value is -2.12. The van der Waals surface area contributed by atoms with Crippen molar-refractivity contribution in [3.8, 4) is 0 Å². The minimum atomic E-state index is -0.535. The molecule has 1 aromatic heterocycles. The molecule has 8 heteroatoms. The van der Waals surface area contributed by atoms with Crippen LogP contribution in [0.2, 0.25) is 0 Å². The number of nitro groups is 1. The first kappa shape index (κ1) is 18.2. The van der Waals surface area contributed by atoms with E-state index in [-0.39, 0.29) is 22.5 Å². The number of piperidine rings is 1. The Morgan fingerprint density at radius 3 is 2.67 bits per heavy atom. The number of carbonyl (C=O) groups is 1. The molecule has 1 aromatic rings. The summed E-state index contributed by atoms with van der Waals surface area (Å²) in [6.45, 7) is 10.7. The van der Waals surface area contributed by atoms with E-state index in [1.54, 1.807) is 11.6 Å². The van der Waals surface area contributed by atoms with Crippen molar-refractivity contribution in [2.45, 2.75) is 59.6 Å². The summed E-state index contributed by atoms with van der Waals surface area (Å²) in [5, 5.41) is 15.7. The van der Waals surface area contributed by atoms with Gasteiger partial charge >= 0.3 is 11.7 Å². The van der Waals surface area contributed by atoms with Crippen LogP contribution in [0.15, 0.2) is 0 Å². The molecule has 0 spiro atoms. The van der Waals surface area contributed by atoms with Crippen LogP contribution in [0.25, 0.3) is 0 Å². The zero-order valence-electron chi connectivity index (χ0n) is 15.0. The zero-order chi connectivity index (χ0) is 18.1. The molecule has 0 aliphatic carbocycles. The van der Waals surface area contributed by atoms with Crippen molar-refractivity contribution in [1.29, 1.82) is 0 Å². The van der Waals surface area contributed by atoms with Gasteiger partial charge in [0.2, 0.25) is 5.82 Å². The number of anilines is 1. The molecule has 1 fully saturated rings. The van der Waals surface area contributed by atoms with E-state index < -0.39 is 5.60 Å². The van der Waals surface area contributed by atoms with Crippen molar-refractivity contribution >= 4 is 17.5 Å². The Labute approximate surface area is 141 Å². The molecular formula is C16H26N4O4. The van der Waals surface area contributed by atoms with Gasteiger partial charge in [-0.3, -0.25) is 14.9 Å². The van der Waals surface area contributed by atoms with E-state index in [0.717, 1.165) is 12.8 Å². The monoisotopic (exact) mass is 338 g/mol. The van der Waals surface area contributed by atoms with Crippen LogP contribution < -0.4 is 4.90 Å². The van der Waals surface area contributed by atoms with Gasteiger partial charge in [-0.25, -0.2) is 4.68 Å². The first-order valence-corrected chi connectivity index (χ1v) is 8.33. The maximum absolute atomic E-state index is 12.4. The van der Waals surface area contributed by atoms with E-state index in [4.69, 9.17) is 4.74 Å². The Kier molecular flexibility index (Phi) is 5.15. The normalized spacial score (nSPS) is 18.5. The van der Waals surface area contributed by atoms with Crippen LogP contribution in [0.5, 0.6) is 0 Å². The summed E-state index contributed by atoms with van der Waals surface area (Å²) in [5.41, 5.74) is -0.106. The third-order valence-electron chi connectivity index (χ3n) is 4.01. The van der Waals surface area contributed by atoms with Crippen LogP contribution in [0.1, 0.15) is 46.2 Å². The molecule has 0 saturated carbocycles. The minimum absolute atomic E-state index is 0.0293. The molecule has 0 radical (unpaired) electrons. The summed E-state index contributed by atoms with van der Waals surface area (Å²) < 4.78 is 7.12. The van der Waals surface area contributed by atoms with Crippen LogP contribution in [-0.4, -0.2) is 39.4 Å². The standard InChI is InChI=1S/C16H26N4O4/c1-6-19-14(13(20(22)23)11(2)17-19)18-9-7-8-12(10-18)15(21)24-16(3,4)5/h12H,6-10H2,1-5H3/t12-/m0/s1. The first-order chi connectivity index (χ1) is 11.1. The SMILES string of the molecule is CCn1nc(C)c([N+](=O)[O-])c1N1CCC[C@H](C(=O)OC(C)(C)C)C1. The van der Waals surface area contributed by atoms with Crippen LogP contribution in [0, 0.1) is 23.0 Å². The largest absolute Gasteiger partial charge is 0.460 e. The Morgan fingerprint density at radius 2 is 2.12 bits per heavy atom. The lowest BCUT2D eigenvalue weighted by Crippen LogP contribution is -2.42. The summed E-state index contributed by atoms with van der Waals surface area (Å²) >= 11 is 0. The van der Waals surface area contributed by atoms with Gasteiger partial charge in [0.05, 0.1) is 10.8 Å². The van der Waals surface area contributed by atoms with E-state index in [1.807, 2.05) is 32.6 Å². The number of rotatable bonds is 4. The quantitative estimate of drug-likeness (QED) is 0.476. The predicted octanol–water partition coefficient (Wildman–Crippen LogP) is 2.68. The number of hydrogen-bond donors (Lipinski definition) is 0. The molecule has 0 N–H and O–H groups in total. The average molecular weight is 338 g/mol. The highest BCUT2D eigenvalue weighted by atomic mass is 16.6. The lowest BCUT2D eigenvalue weighted by atomic mass is 9.97. The topological polar surface area (TPSA) is 90.5 Å². The van der Waals surface area contributed by atoms with Gasteiger partial charge in [-0.1, -0.05) is 0 Å². The van der Waals surface area contributed by atoms with Gasteiger partial charge in [0.15, 0.2) is 0 Å². The van der Waals surface area contributed by atoms with Crippen LogP contribution in [0.3, 0.4) is 0 Å². The van der Waals surface area contributed by atoms with Crippen molar-refractivity contribution < 1.29 is 14.5 Å². The van der Waals surface area contributed by atoms with Gasteiger partial charge in [-0.15, -0.1) is 0 Å². The smallest absolute Gasteiger partial charge is 0.333 e. The summed E-state index contributed by atoms with van der Waals surface area (Å²) in [7, 11) is 0. The Bertz CT molecular complexity index is 633. The van der Waals surface area contributed by atoms with Gasteiger partial charge in [0.25, 0.3) is 0 Å². The number of aryl methyl sites for hydroxylation is 2. The fourth-order valence-electron chi connectivity index (χ4n) is 3.05. The second-order valence-corrected chi connectivity index (χ2v) is 7.15. The highest BCUT2D eigenvalue weighted by molar-refractivity contribution is 5.74. The Morgan fingerprint density at radius 1 is 1.46 bits per heavy atom. The summed E-state index contributed by atoms with van der Waals surface area (Å²) in [5.74, 6) is -0.0273. The van der Waals surface area contributed by atoms with Gasteiger partial charge < -0.3 is 9.64 Å². The number of ether oxygens (including phenoxy) is 1. The fourth-order valence-corrected chi connectivity index (χ4v) is 3.05. The molecule has 1 saturated heterocycles. The second kappa shape index (κ2) is 6.78. The fraction of sp³-hybridized carbons (Fsp3) is 0.750. The highest BCUT2D eigenvalue weighted by Gasteiger charge is 2.35. The van der Waals surface area contributed by atoms with Gasteiger partial charge in [0.1, 0.15) is 11.3 Å². The van der Waals surface area contributed by atoms with Crippen molar-refractivity contribution in [1.82, 2.24) is 9.78 Å². The zero-order valence-corrected chi connectivity index (χ0v) is 15.0. The number of aromatic nitrogens is 2. The number of carbonyl (C=O) groups excluding carboxylic acids is 1. The minimum Gasteiger partial charge on any atom is -0.460 e. The maximum Gasteiger partial charge on any atom is 0.333 e. The molecule has 0 amide bonds. The lowest BCUT2D eigenvalue weighted by molar-refractivity contribution is -0.384. The van der Waals surface area contributed by atoms with E-state index in [9.17, 15) is 14.9 Å². The summed E-state index contributed by atoms with van der Waals surface area (Å²) in [6, 6.07) is 0. The van der Waals surface area contributed by atoms with Crippen LogP contribution in [0.4, 0.5) is 11.5 Å². The summed E-state index contributed by atoms with van der Waals surface area (Å²) in [6.07, 6.45) is 1.52. The molecule has 0 unspecified atom stereocenters. The van der Waals surface area contributed by atoms with Crippen molar-refractivity contribution in [3.63, 3.8) is 0 Å². The second-order valence-electron chi connectivity index (χ2n) is 7.15. The third kappa shape index (κ3) is 3.85. The highest BCUT2D eigenvalue weighted by Crippen LogP contribution is 2.34. The first-order valence-electron chi connectivity index (χ1n) is 8.33. The van der Waals surface area contributed by atoms with Crippen molar-refractivity contribution in [3.05, 3.63) is 15.8 Å². The van der Waals surface area contributed by atoms with Crippen LogP contribution in [-0.2, 0) is 16.1 Å². The maximum atomic E-state index is 12.4. The molecule has 2 heterocycles. The molecule has 1 atom stereocenters. The van der Waals surface area contributed by atoms with Gasteiger partial charge in [-0.2, -0.15) is 5.10 Å². The molecule has 0 aromatic carbocycles. The molecule has 134 valence electrons.